The molecule has 0 radical (unpaired) electrons. The summed E-state index contributed by atoms with van der Waals surface area (Å²) in [5.41, 5.74) is 3.27. The number of aromatic nitrogens is 1. The minimum Gasteiger partial charge on any atom is -0.443 e. The zero-order chi connectivity index (χ0) is 15.0. The van der Waals surface area contributed by atoms with Crippen molar-refractivity contribution in [2.24, 2.45) is 0 Å². The molecule has 0 bridgehead atoms. The number of hydrogen-bond acceptors (Lipinski definition) is 4. The van der Waals surface area contributed by atoms with Crippen LogP contribution in [0.25, 0.3) is 11.1 Å². The lowest BCUT2D eigenvalue weighted by molar-refractivity contribution is 0.600. The van der Waals surface area contributed by atoms with Crippen molar-refractivity contribution in [1.82, 2.24) is 4.98 Å². The Morgan fingerprint density at radius 3 is 2.71 bits per heavy atom. The molecule has 0 aliphatic heterocycles. The van der Waals surface area contributed by atoms with E-state index in [9.17, 15) is 8.42 Å². The molecule has 1 aromatic heterocycles. The number of aryl methyl sites for hydroxylation is 2. The third kappa shape index (κ3) is 2.62. The fourth-order valence-corrected chi connectivity index (χ4v) is 3.51. The summed E-state index contributed by atoms with van der Waals surface area (Å²) in [6, 6.07) is 10.3. The Morgan fingerprint density at radius 1 is 1.10 bits per heavy atom. The highest BCUT2D eigenvalue weighted by Gasteiger charge is 2.17. The van der Waals surface area contributed by atoms with Crippen LogP contribution in [-0.2, 0) is 10.0 Å². The quantitative estimate of drug-likeness (QED) is 0.806. The van der Waals surface area contributed by atoms with Crippen molar-refractivity contribution >= 4 is 26.8 Å². The first-order valence-corrected chi connectivity index (χ1v) is 7.87. The van der Waals surface area contributed by atoms with Gasteiger partial charge >= 0.3 is 0 Å². The van der Waals surface area contributed by atoms with E-state index in [1.807, 2.05) is 13.0 Å². The lowest BCUT2D eigenvalue weighted by Gasteiger charge is -2.11. The molecule has 0 amide bonds. The molecule has 0 aliphatic rings. The smallest absolute Gasteiger partial charge is 0.262 e. The van der Waals surface area contributed by atoms with Crippen molar-refractivity contribution in [3.8, 4) is 0 Å². The molecule has 2 aromatic carbocycles. The normalized spacial score (nSPS) is 11.7. The van der Waals surface area contributed by atoms with Crippen LogP contribution in [0.5, 0.6) is 0 Å². The predicted octanol–water partition coefficient (Wildman–Crippen LogP) is 3.25. The molecule has 0 saturated heterocycles. The van der Waals surface area contributed by atoms with E-state index in [1.165, 1.54) is 6.39 Å². The summed E-state index contributed by atoms with van der Waals surface area (Å²) in [6.07, 6.45) is 1.33. The predicted molar refractivity (Wildman–Crippen MR) is 80.7 cm³/mol. The zero-order valence-corrected chi connectivity index (χ0v) is 12.4. The summed E-state index contributed by atoms with van der Waals surface area (Å²) in [4.78, 5) is 4.27. The summed E-state index contributed by atoms with van der Waals surface area (Å²) < 4.78 is 32.7. The molecular formula is C15H14N2O3S. The van der Waals surface area contributed by atoms with Crippen LogP contribution in [0.3, 0.4) is 0 Å². The number of anilines is 1. The third-order valence-corrected chi connectivity index (χ3v) is 4.74. The Balaban J connectivity index is 2.00. The highest BCUT2D eigenvalue weighted by molar-refractivity contribution is 7.92. The van der Waals surface area contributed by atoms with Crippen molar-refractivity contribution in [2.75, 3.05) is 4.72 Å². The van der Waals surface area contributed by atoms with E-state index in [1.54, 1.807) is 37.3 Å². The highest BCUT2D eigenvalue weighted by atomic mass is 32.2. The van der Waals surface area contributed by atoms with Crippen molar-refractivity contribution in [3.05, 3.63) is 53.9 Å². The second-order valence-corrected chi connectivity index (χ2v) is 6.56. The Hall–Kier alpha value is -2.34. The summed E-state index contributed by atoms with van der Waals surface area (Å²) >= 11 is 0. The van der Waals surface area contributed by atoms with Crippen LogP contribution < -0.4 is 4.72 Å². The van der Waals surface area contributed by atoms with E-state index >= 15 is 0 Å². The number of oxazole rings is 1. The molecule has 0 atom stereocenters. The lowest BCUT2D eigenvalue weighted by atomic mass is 10.2. The zero-order valence-electron chi connectivity index (χ0n) is 11.6. The number of benzene rings is 2. The molecule has 0 fully saturated rings. The van der Waals surface area contributed by atoms with E-state index < -0.39 is 10.0 Å². The monoisotopic (exact) mass is 302 g/mol. The largest absolute Gasteiger partial charge is 0.443 e. The number of rotatable bonds is 3. The van der Waals surface area contributed by atoms with E-state index in [2.05, 4.69) is 9.71 Å². The molecule has 0 unspecified atom stereocenters. The molecule has 108 valence electrons. The Labute approximate surface area is 122 Å². The van der Waals surface area contributed by atoms with Gasteiger partial charge in [0.15, 0.2) is 12.0 Å². The Morgan fingerprint density at radius 2 is 1.90 bits per heavy atom. The van der Waals surface area contributed by atoms with E-state index in [4.69, 9.17) is 4.42 Å². The standard InChI is InChI=1S/C15H14N2O3S/c1-10-3-4-11(2)15(7-10)21(18,19)17-12-5-6-13-14(8-12)20-9-16-13/h3-9,17H,1-2H3. The van der Waals surface area contributed by atoms with Crippen LogP contribution in [0.2, 0.25) is 0 Å². The van der Waals surface area contributed by atoms with Crippen LogP contribution >= 0.6 is 0 Å². The van der Waals surface area contributed by atoms with Gasteiger partial charge < -0.3 is 4.42 Å². The molecule has 6 heteroatoms. The van der Waals surface area contributed by atoms with Crippen LogP contribution in [0.4, 0.5) is 5.69 Å². The van der Waals surface area contributed by atoms with E-state index in [0.717, 1.165) is 5.56 Å². The first-order chi connectivity index (χ1) is 9.95. The van der Waals surface area contributed by atoms with Crippen LogP contribution in [0.15, 0.2) is 52.1 Å². The average Bonchev–Trinajstić information content (AvgIpc) is 2.88. The van der Waals surface area contributed by atoms with Gasteiger partial charge in [-0.1, -0.05) is 12.1 Å². The fraction of sp³-hybridized carbons (Fsp3) is 0.133. The number of nitrogens with one attached hydrogen (secondary N) is 1. The SMILES string of the molecule is Cc1ccc(C)c(S(=O)(=O)Nc2ccc3ncoc3c2)c1. The van der Waals surface area contributed by atoms with Gasteiger partial charge in [-0.3, -0.25) is 4.72 Å². The summed E-state index contributed by atoms with van der Waals surface area (Å²) in [5.74, 6) is 0. The summed E-state index contributed by atoms with van der Waals surface area (Å²) in [5, 5.41) is 0. The fourth-order valence-electron chi connectivity index (χ4n) is 2.13. The number of fused-ring (bicyclic) bond motifs is 1. The molecule has 0 saturated carbocycles. The second-order valence-electron chi connectivity index (χ2n) is 4.91. The molecule has 0 spiro atoms. The van der Waals surface area contributed by atoms with E-state index in [0.29, 0.717) is 22.4 Å². The molecular weight excluding hydrogens is 288 g/mol. The van der Waals surface area contributed by atoms with Gasteiger partial charge in [0.05, 0.1) is 10.6 Å². The molecule has 21 heavy (non-hydrogen) atoms. The number of nitrogens with zero attached hydrogens (tertiary/aromatic N) is 1. The maximum atomic E-state index is 12.5. The number of sulfonamides is 1. The highest BCUT2D eigenvalue weighted by Crippen LogP contribution is 2.23. The molecule has 0 aliphatic carbocycles. The first-order valence-electron chi connectivity index (χ1n) is 6.39. The van der Waals surface area contributed by atoms with Crippen molar-refractivity contribution in [3.63, 3.8) is 0 Å². The van der Waals surface area contributed by atoms with Crippen molar-refractivity contribution in [2.45, 2.75) is 18.7 Å². The van der Waals surface area contributed by atoms with Crippen LogP contribution in [0.1, 0.15) is 11.1 Å². The van der Waals surface area contributed by atoms with Gasteiger partial charge in [-0.25, -0.2) is 13.4 Å². The Kier molecular flexibility index (Phi) is 3.17. The van der Waals surface area contributed by atoms with Crippen molar-refractivity contribution in [1.29, 1.82) is 0 Å². The Bertz CT molecular complexity index is 914. The van der Waals surface area contributed by atoms with Gasteiger partial charge in [0.2, 0.25) is 0 Å². The molecule has 1 heterocycles. The van der Waals surface area contributed by atoms with Gasteiger partial charge in [-0.2, -0.15) is 0 Å². The van der Waals surface area contributed by atoms with Gasteiger partial charge in [-0.05, 0) is 43.2 Å². The molecule has 1 N–H and O–H groups in total. The summed E-state index contributed by atoms with van der Waals surface area (Å²) in [7, 11) is -3.63. The minimum absolute atomic E-state index is 0.278. The molecule has 5 nitrogen and oxygen atoms in total. The van der Waals surface area contributed by atoms with E-state index in [-0.39, 0.29) is 4.90 Å². The summed E-state index contributed by atoms with van der Waals surface area (Å²) in [6.45, 7) is 3.63. The minimum atomic E-state index is -3.63. The van der Waals surface area contributed by atoms with Gasteiger partial charge in [0, 0.05) is 6.07 Å². The topological polar surface area (TPSA) is 72.2 Å². The second kappa shape index (κ2) is 4.89. The van der Waals surface area contributed by atoms with Gasteiger partial charge in [0.25, 0.3) is 10.0 Å². The number of hydrogen-bond donors (Lipinski definition) is 1. The van der Waals surface area contributed by atoms with Crippen LogP contribution in [-0.4, -0.2) is 13.4 Å². The molecule has 3 aromatic rings. The average molecular weight is 302 g/mol. The van der Waals surface area contributed by atoms with Crippen LogP contribution in [0, 0.1) is 13.8 Å². The van der Waals surface area contributed by atoms with Crippen molar-refractivity contribution < 1.29 is 12.8 Å². The third-order valence-electron chi connectivity index (χ3n) is 3.22. The maximum Gasteiger partial charge on any atom is 0.262 e. The molecule has 3 rings (SSSR count). The van der Waals surface area contributed by atoms with Gasteiger partial charge in [0.1, 0.15) is 5.52 Å². The lowest BCUT2D eigenvalue weighted by Crippen LogP contribution is -2.14. The first kappa shape index (κ1) is 13.6. The maximum absolute atomic E-state index is 12.5. The van der Waals surface area contributed by atoms with Gasteiger partial charge in [-0.15, -0.1) is 0 Å².